The maximum Gasteiger partial charge on any atom is 0.268 e. The fourth-order valence-electron chi connectivity index (χ4n) is 2.54. The molecule has 21 heavy (non-hydrogen) atoms. The molecule has 0 atom stereocenters. The van der Waals surface area contributed by atoms with Crippen molar-refractivity contribution in [2.24, 2.45) is 7.05 Å². The molecule has 1 aliphatic carbocycles. The van der Waals surface area contributed by atoms with E-state index >= 15 is 0 Å². The standard InChI is InChI=1S/C16H22N2O3/c1-18-11-15(21-2)14(19)10-13(18)16(20)17-9-8-12-6-4-3-5-7-12/h6,10-11H,3-5,7-9H2,1-2H3,(H,17,20). The second-order valence-corrected chi connectivity index (χ2v) is 5.32. The van der Waals surface area contributed by atoms with Gasteiger partial charge >= 0.3 is 0 Å². The first kappa shape index (κ1) is 15.4. The predicted octanol–water partition coefficient (Wildman–Crippen LogP) is 2.01. The quantitative estimate of drug-likeness (QED) is 0.844. The van der Waals surface area contributed by atoms with Gasteiger partial charge < -0.3 is 14.6 Å². The Kier molecular flexibility index (Phi) is 5.20. The molecule has 1 heterocycles. The van der Waals surface area contributed by atoms with Crippen LogP contribution in [0.15, 0.2) is 28.7 Å². The molecule has 1 aliphatic rings. The van der Waals surface area contributed by atoms with Crippen molar-refractivity contribution < 1.29 is 9.53 Å². The zero-order chi connectivity index (χ0) is 15.2. The summed E-state index contributed by atoms with van der Waals surface area (Å²) in [6, 6.07) is 1.31. The normalized spacial score (nSPS) is 14.5. The van der Waals surface area contributed by atoms with Crippen molar-refractivity contribution in [1.82, 2.24) is 9.88 Å². The number of ether oxygens (including phenoxy) is 1. The van der Waals surface area contributed by atoms with Gasteiger partial charge in [0.1, 0.15) is 5.69 Å². The number of hydrogen-bond acceptors (Lipinski definition) is 3. The number of methoxy groups -OCH3 is 1. The van der Waals surface area contributed by atoms with Crippen molar-refractivity contribution in [3.05, 3.63) is 39.8 Å². The first-order valence-corrected chi connectivity index (χ1v) is 7.32. The van der Waals surface area contributed by atoms with Crippen molar-refractivity contribution in [3.8, 4) is 5.75 Å². The average molecular weight is 290 g/mol. The van der Waals surface area contributed by atoms with E-state index < -0.39 is 0 Å². The summed E-state index contributed by atoms with van der Waals surface area (Å²) in [4.78, 5) is 23.8. The highest BCUT2D eigenvalue weighted by atomic mass is 16.5. The number of allylic oxidation sites excluding steroid dienone is 1. The van der Waals surface area contributed by atoms with Gasteiger partial charge in [0.05, 0.1) is 13.3 Å². The largest absolute Gasteiger partial charge is 0.491 e. The summed E-state index contributed by atoms with van der Waals surface area (Å²) in [7, 11) is 3.16. The van der Waals surface area contributed by atoms with E-state index in [9.17, 15) is 9.59 Å². The molecule has 1 aromatic rings. The first-order chi connectivity index (χ1) is 10.1. The van der Waals surface area contributed by atoms with Crippen molar-refractivity contribution in [3.63, 3.8) is 0 Å². The summed E-state index contributed by atoms with van der Waals surface area (Å²) >= 11 is 0. The average Bonchev–Trinajstić information content (AvgIpc) is 2.50. The van der Waals surface area contributed by atoms with Crippen molar-refractivity contribution >= 4 is 5.91 Å². The van der Waals surface area contributed by atoms with Crippen LogP contribution in [0.3, 0.4) is 0 Å². The third-order valence-electron chi connectivity index (χ3n) is 3.77. The van der Waals surface area contributed by atoms with Gasteiger partial charge in [-0.15, -0.1) is 0 Å². The minimum absolute atomic E-state index is 0.228. The Morgan fingerprint density at radius 3 is 2.90 bits per heavy atom. The molecule has 0 fully saturated rings. The topological polar surface area (TPSA) is 60.3 Å². The van der Waals surface area contributed by atoms with E-state index in [1.807, 2.05) is 0 Å². The molecule has 1 N–H and O–H groups in total. The lowest BCUT2D eigenvalue weighted by atomic mass is 9.97. The minimum atomic E-state index is -0.282. The number of pyridine rings is 1. The van der Waals surface area contributed by atoms with Gasteiger partial charge in [-0.2, -0.15) is 0 Å². The van der Waals surface area contributed by atoms with E-state index in [-0.39, 0.29) is 17.1 Å². The summed E-state index contributed by atoms with van der Waals surface area (Å²) < 4.78 is 6.56. The molecule has 0 aliphatic heterocycles. The third kappa shape index (κ3) is 3.97. The van der Waals surface area contributed by atoms with E-state index in [4.69, 9.17) is 4.74 Å². The molecule has 1 amide bonds. The Labute approximate surface area is 124 Å². The van der Waals surface area contributed by atoms with Gasteiger partial charge in [-0.3, -0.25) is 9.59 Å². The highest BCUT2D eigenvalue weighted by Crippen LogP contribution is 2.19. The number of aryl methyl sites for hydroxylation is 1. The van der Waals surface area contributed by atoms with Crippen LogP contribution in [0, 0.1) is 0 Å². The van der Waals surface area contributed by atoms with Gasteiger partial charge in [-0.25, -0.2) is 0 Å². The van der Waals surface area contributed by atoms with Crippen molar-refractivity contribution in [2.45, 2.75) is 32.1 Å². The van der Waals surface area contributed by atoms with Crippen LogP contribution in [0.1, 0.15) is 42.6 Å². The SMILES string of the molecule is COc1cn(C)c(C(=O)NCCC2=CCCCC2)cc1=O. The van der Waals surface area contributed by atoms with Crippen LogP contribution in [0.4, 0.5) is 0 Å². The fourth-order valence-corrected chi connectivity index (χ4v) is 2.54. The van der Waals surface area contributed by atoms with Crippen LogP contribution < -0.4 is 15.5 Å². The number of hydrogen-bond donors (Lipinski definition) is 1. The highest BCUT2D eigenvalue weighted by molar-refractivity contribution is 5.92. The molecule has 0 spiro atoms. The van der Waals surface area contributed by atoms with Crippen LogP contribution in [0.25, 0.3) is 0 Å². The fraction of sp³-hybridized carbons (Fsp3) is 0.500. The monoisotopic (exact) mass is 290 g/mol. The Balaban J connectivity index is 1.95. The van der Waals surface area contributed by atoms with Crippen LogP contribution in [0.2, 0.25) is 0 Å². The molecular formula is C16H22N2O3. The lowest BCUT2D eigenvalue weighted by molar-refractivity contribution is 0.0945. The summed E-state index contributed by atoms with van der Waals surface area (Å²) in [5.41, 5.74) is 1.49. The molecule has 114 valence electrons. The summed E-state index contributed by atoms with van der Waals surface area (Å²) in [5, 5.41) is 2.87. The molecule has 0 bridgehead atoms. The van der Waals surface area contributed by atoms with E-state index in [0.29, 0.717) is 12.2 Å². The molecule has 2 rings (SSSR count). The number of aromatic nitrogens is 1. The van der Waals surface area contributed by atoms with Gasteiger partial charge in [0.25, 0.3) is 5.91 Å². The van der Waals surface area contributed by atoms with Crippen LogP contribution >= 0.6 is 0 Å². The highest BCUT2D eigenvalue weighted by Gasteiger charge is 2.12. The van der Waals surface area contributed by atoms with Gasteiger partial charge in [-0.05, 0) is 32.1 Å². The van der Waals surface area contributed by atoms with E-state index in [2.05, 4.69) is 11.4 Å². The van der Waals surface area contributed by atoms with E-state index in [1.54, 1.807) is 11.6 Å². The number of nitrogens with one attached hydrogen (secondary N) is 1. The molecule has 0 radical (unpaired) electrons. The Morgan fingerprint density at radius 1 is 1.43 bits per heavy atom. The smallest absolute Gasteiger partial charge is 0.268 e. The first-order valence-electron chi connectivity index (χ1n) is 7.32. The molecule has 1 aromatic heterocycles. The number of nitrogens with zero attached hydrogens (tertiary/aromatic N) is 1. The number of carbonyl (C=O) groups excluding carboxylic acids is 1. The molecule has 0 saturated heterocycles. The molecule has 0 aromatic carbocycles. The zero-order valence-electron chi connectivity index (χ0n) is 12.6. The van der Waals surface area contributed by atoms with Crippen LogP contribution in [-0.4, -0.2) is 24.1 Å². The molecule has 0 saturated carbocycles. The molecule has 0 unspecified atom stereocenters. The minimum Gasteiger partial charge on any atom is -0.491 e. The number of amides is 1. The Morgan fingerprint density at radius 2 is 2.24 bits per heavy atom. The van der Waals surface area contributed by atoms with Crippen LogP contribution in [-0.2, 0) is 7.05 Å². The molecule has 5 nitrogen and oxygen atoms in total. The van der Waals surface area contributed by atoms with Gasteiger partial charge in [0, 0.05) is 19.7 Å². The van der Waals surface area contributed by atoms with E-state index in [0.717, 1.165) is 19.3 Å². The predicted molar refractivity (Wildman–Crippen MR) is 81.7 cm³/mol. The lowest BCUT2D eigenvalue weighted by Crippen LogP contribution is -2.29. The second-order valence-electron chi connectivity index (χ2n) is 5.32. The lowest BCUT2D eigenvalue weighted by Gasteiger charge is -2.14. The summed E-state index contributed by atoms with van der Waals surface area (Å²) in [5.74, 6) is 0.00933. The van der Waals surface area contributed by atoms with Crippen LogP contribution in [0.5, 0.6) is 5.75 Å². The Bertz CT molecular complexity index is 602. The maximum atomic E-state index is 12.1. The number of rotatable bonds is 5. The van der Waals surface area contributed by atoms with Gasteiger partial charge in [-0.1, -0.05) is 11.6 Å². The third-order valence-corrected chi connectivity index (χ3v) is 3.77. The second kappa shape index (κ2) is 7.11. The van der Waals surface area contributed by atoms with E-state index in [1.165, 1.54) is 37.8 Å². The number of carbonyl (C=O) groups is 1. The molecular weight excluding hydrogens is 268 g/mol. The van der Waals surface area contributed by atoms with Crippen molar-refractivity contribution in [2.75, 3.05) is 13.7 Å². The maximum absolute atomic E-state index is 12.1. The zero-order valence-corrected chi connectivity index (χ0v) is 12.6. The van der Waals surface area contributed by atoms with Crippen molar-refractivity contribution in [1.29, 1.82) is 0 Å². The summed E-state index contributed by atoms with van der Waals surface area (Å²) in [6.45, 7) is 0.602. The Hall–Kier alpha value is -2.04. The van der Waals surface area contributed by atoms with Gasteiger partial charge in [0.2, 0.25) is 5.43 Å². The molecule has 5 heteroatoms. The summed E-state index contributed by atoms with van der Waals surface area (Å²) in [6.07, 6.45) is 9.49. The van der Waals surface area contributed by atoms with Gasteiger partial charge in [0.15, 0.2) is 5.75 Å².